The third kappa shape index (κ3) is 5.77. The molecule has 1 aliphatic rings. The van der Waals surface area contributed by atoms with Gasteiger partial charge in [-0.05, 0) is 42.3 Å². The van der Waals surface area contributed by atoms with Gasteiger partial charge in [-0.1, -0.05) is 24.3 Å². The number of halogens is 1. The quantitative estimate of drug-likeness (QED) is 0.734. The van der Waals surface area contributed by atoms with E-state index in [0.717, 1.165) is 30.0 Å². The van der Waals surface area contributed by atoms with E-state index in [1.807, 2.05) is 37.3 Å². The zero-order valence-electron chi connectivity index (χ0n) is 15.6. The Bertz CT molecular complexity index is 769. The van der Waals surface area contributed by atoms with Gasteiger partial charge in [0, 0.05) is 25.7 Å². The van der Waals surface area contributed by atoms with Gasteiger partial charge in [-0.15, -0.1) is 0 Å². The van der Waals surface area contributed by atoms with Crippen LogP contribution in [0.2, 0.25) is 0 Å². The van der Waals surface area contributed by atoms with Crippen molar-refractivity contribution in [3.8, 4) is 5.75 Å². The molecule has 27 heavy (non-hydrogen) atoms. The van der Waals surface area contributed by atoms with E-state index in [4.69, 9.17) is 4.74 Å². The molecule has 2 aromatic rings. The van der Waals surface area contributed by atoms with Crippen LogP contribution in [0.25, 0.3) is 0 Å². The van der Waals surface area contributed by atoms with Crippen LogP contribution in [0, 0.1) is 12.7 Å². The average molecular weight is 371 g/mol. The first kappa shape index (κ1) is 19.3. The van der Waals surface area contributed by atoms with Gasteiger partial charge in [0.2, 0.25) is 5.91 Å². The maximum absolute atomic E-state index is 13.6. The first-order valence-corrected chi connectivity index (χ1v) is 9.28. The minimum Gasteiger partial charge on any atom is -0.492 e. The van der Waals surface area contributed by atoms with Gasteiger partial charge in [0.15, 0.2) is 0 Å². The van der Waals surface area contributed by atoms with Gasteiger partial charge in [0.1, 0.15) is 18.2 Å². The van der Waals surface area contributed by atoms with Crippen LogP contribution in [-0.2, 0) is 4.79 Å². The topological polar surface area (TPSA) is 53.6 Å². The molecule has 1 atom stereocenters. The minimum atomic E-state index is -0.254. The van der Waals surface area contributed by atoms with Crippen molar-refractivity contribution >= 4 is 5.91 Å². The minimum absolute atomic E-state index is 0.0104. The number of amides is 1. The highest BCUT2D eigenvalue weighted by molar-refractivity contribution is 5.78. The molecule has 0 saturated carbocycles. The number of piperazine rings is 1. The SMILES string of the molecule is Cc1cccc(OCCNC(=O)CN2CCNCC2c2cccc(F)c2)c1. The number of carbonyl (C=O) groups is 1. The highest BCUT2D eigenvalue weighted by Gasteiger charge is 2.25. The van der Waals surface area contributed by atoms with Crippen LogP contribution in [0.1, 0.15) is 17.2 Å². The van der Waals surface area contributed by atoms with Gasteiger partial charge < -0.3 is 15.4 Å². The molecule has 1 amide bonds. The molecule has 6 heteroatoms. The number of aryl methyl sites for hydroxylation is 1. The van der Waals surface area contributed by atoms with Crippen molar-refractivity contribution in [2.75, 3.05) is 39.3 Å². The van der Waals surface area contributed by atoms with Crippen LogP contribution < -0.4 is 15.4 Å². The van der Waals surface area contributed by atoms with Crippen molar-refractivity contribution < 1.29 is 13.9 Å². The summed E-state index contributed by atoms with van der Waals surface area (Å²) in [6.07, 6.45) is 0. The molecule has 5 nitrogen and oxygen atoms in total. The second-order valence-electron chi connectivity index (χ2n) is 6.76. The number of benzene rings is 2. The summed E-state index contributed by atoms with van der Waals surface area (Å²) >= 11 is 0. The summed E-state index contributed by atoms with van der Waals surface area (Å²) in [7, 11) is 0. The van der Waals surface area contributed by atoms with Crippen molar-refractivity contribution in [2.45, 2.75) is 13.0 Å². The predicted octanol–water partition coefficient (Wildman–Crippen LogP) is 2.28. The van der Waals surface area contributed by atoms with E-state index >= 15 is 0 Å². The van der Waals surface area contributed by atoms with E-state index in [0.29, 0.717) is 19.7 Å². The molecule has 1 saturated heterocycles. The van der Waals surface area contributed by atoms with Gasteiger partial charge in [-0.2, -0.15) is 0 Å². The molecule has 2 aromatic carbocycles. The third-order valence-corrected chi connectivity index (χ3v) is 4.62. The summed E-state index contributed by atoms with van der Waals surface area (Å²) in [6.45, 7) is 5.43. The second-order valence-corrected chi connectivity index (χ2v) is 6.76. The Morgan fingerprint density at radius 2 is 2.15 bits per heavy atom. The van der Waals surface area contributed by atoms with Gasteiger partial charge in [-0.25, -0.2) is 4.39 Å². The fraction of sp³-hybridized carbons (Fsp3) is 0.381. The number of hydrogen-bond donors (Lipinski definition) is 2. The van der Waals surface area contributed by atoms with Crippen LogP contribution in [-0.4, -0.2) is 50.1 Å². The van der Waals surface area contributed by atoms with Gasteiger partial charge >= 0.3 is 0 Å². The lowest BCUT2D eigenvalue weighted by Crippen LogP contribution is -2.49. The Kier molecular flexibility index (Phi) is 6.79. The summed E-state index contributed by atoms with van der Waals surface area (Å²) in [5, 5.41) is 6.21. The van der Waals surface area contributed by atoms with E-state index in [-0.39, 0.29) is 24.3 Å². The Morgan fingerprint density at radius 3 is 2.96 bits per heavy atom. The van der Waals surface area contributed by atoms with E-state index in [2.05, 4.69) is 15.5 Å². The molecule has 0 bridgehead atoms. The monoisotopic (exact) mass is 371 g/mol. The molecule has 1 fully saturated rings. The van der Waals surface area contributed by atoms with Gasteiger partial charge in [0.05, 0.1) is 13.1 Å². The molecular formula is C21H26FN3O2. The smallest absolute Gasteiger partial charge is 0.234 e. The number of hydrogen-bond acceptors (Lipinski definition) is 4. The maximum Gasteiger partial charge on any atom is 0.234 e. The Balaban J connectivity index is 1.47. The van der Waals surface area contributed by atoms with Gasteiger partial charge in [-0.3, -0.25) is 9.69 Å². The lowest BCUT2D eigenvalue weighted by atomic mass is 10.0. The average Bonchev–Trinajstić information content (AvgIpc) is 2.66. The molecule has 0 spiro atoms. The zero-order valence-corrected chi connectivity index (χ0v) is 15.6. The van der Waals surface area contributed by atoms with Crippen LogP contribution >= 0.6 is 0 Å². The lowest BCUT2D eigenvalue weighted by Gasteiger charge is -2.36. The summed E-state index contributed by atoms with van der Waals surface area (Å²) < 4.78 is 19.2. The van der Waals surface area contributed by atoms with E-state index < -0.39 is 0 Å². The summed E-state index contributed by atoms with van der Waals surface area (Å²) in [4.78, 5) is 14.4. The number of nitrogens with one attached hydrogen (secondary N) is 2. The maximum atomic E-state index is 13.6. The summed E-state index contributed by atoms with van der Waals surface area (Å²) in [6, 6.07) is 14.4. The van der Waals surface area contributed by atoms with Crippen molar-refractivity contribution in [3.05, 3.63) is 65.5 Å². The standard InChI is InChI=1S/C21H26FN3O2/c1-16-4-2-7-19(12-16)27-11-9-24-21(26)15-25-10-8-23-14-20(25)17-5-3-6-18(22)13-17/h2-7,12-13,20,23H,8-11,14-15H2,1H3,(H,24,26). The number of carbonyl (C=O) groups excluding carboxylic acids is 1. The molecule has 0 radical (unpaired) electrons. The lowest BCUT2D eigenvalue weighted by molar-refractivity contribution is -0.123. The third-order valence-electron chi connectivity index (χ3n) is 4.62. The molecule has 1 heterocycles. The Morgan fingerprint density at radius 1 is 1.30 bits per heavy atom. The van der Waals surface area contributed by atoms with Crippen molar-refractivity contribution in [2.24, 2.45) is 0 Å². The molecule has 3 rings (SSSR count). The fourth-order valence-electron chi connectivity index (χ4n) is 3.28. The Hall–Kier alpha value is -2.44. The largest absolute Gasteiger partial charge is 0.492 e. The summed E-state index contributed by atoms with van der Waals surface area (Å²) in [5.74, 6) is 0.499. The van der Waals surface area contributed by atoms with Crippen LogP contribution in [0.3, 0.4) is 0 Å². The molecule has 0 aliphatic carbocycles. The summed E-state index contributed by atoms with van der Waals surface area (Å²) in [5.41, 5.74) is 2.02. The highest BCUT2D eigenvalue weighted by atomic mass is 19.1. The van der Waals surface area contributed by atoms with E-state index in [1.165, 1.54) is 12.1 Å². The first-order valence-electron chi connectivity index (χ1n) is 9.28. The van der Waals surface area contributed by atoms with E-state index in [1.54, 1.807) is 6.07 Å². The number of nitrogens with zero attached hydrogens (tertiary/aromatic N) is 1. The molecule has 0 aromatic heterocycles. The molecule has 2 N–H and O–H groups in total. The van der Waals surface area contributed by atoms with Gasteiger partial charge in [0.25, 0.3) is 0 Å². The molecule has 1 aliphatic heterocycles. The Labute approximate surface area is 159 Å². The van der Waals surface area contributed by atoms with Crippen molar-refractivity contribution in [1.29, 1.82) is 0 Å². The molecular weight excluding hydrogens is 345 g/mol. The highest BCUT2D eigenvalue weighted by Crippen LogP contribution is 2.22. The molecule has 144 valence electrons. The number of rotatable bonds is 7. The normalized spacial score (nSPS) is 17.5. The van der Waals surface area contributed by atoms with Crippen molar-refractivity contribution in [1.82, 2.24) is 15.5 Å². The zero-order chi connectivity index (χ0) is 19.1. The number of ether oxygens (including phenoxy) is 1. The van der Waals surface area contributed by atoms with Crippen LogP contribution in [0.4, 0.5) is 4.39 Å². The van der Waals surface area contributed by atoms with E-state index in [9.17, 15) is 9.18 Å². The predicted molar refractivity (Wildman–Crippen MR) is 103 cm³/mol. The second kappa shape index (κ2) is 9.48. The van der Waals surface area contributed by atoms with Crippen molar-refractivity contribution in [3.63, 3.8) is 0 Å². The van der Waals surface area contributed by atoms with Crippen LogP contribution in [0.5, 0.6) is 5.75 Å². The van der Waals surface area contributed by atoms with Crippen LogP contribution in [0.15, 0.2) is 48.5 Å². The molecule has 1 unspecified atom stereocenters. The fourth-order valence-corrected chi connectivity index (χ4v) is 3.28. The first-order chi connectivity index (χ1) is 13.1.